The molecule has 0 amide bonds. The summed E-state index contributed by atoms with van der Waals surface area (Å²) >= 11 is 0. The summed E-state index contributed by atoms with van der Waals surface area (Å²) in [4.78, 5) is 0. The molecule has 0 aromatic heterocycles. The number of alkyl halides is 3. The van der Waals surface area contributed by atoms with Crippen LogP contribution in [-0.2, 0) is 6.18 Å². The molecule has 0 unspecified atom stereocenters. The van der Waals surface area contributed by atoms with Crippen LogP contribution in [0, 0.1) is 13.8 Å². The normalized spacial score (nSPS) is 11.3. The van der Waals surface area contributed by atoms with Gasteiger partial charge < -0.3 is 10.6 Å². The van der Waals surface area contributed by atoms with Gasteiger partial charge >= 0.3 is 6.18 Å². The predicted molar refractivity (Wildman–Crippen MR) is 84.3 cm³/mol. The van der Waals surface area contributed by atoms with E-state index in [1.165, 1.54) is 11.6 Å². The van der Waals surface area contributed by atoms with E-state index in [2.05, 4.69) is 16.7 Å². The first-order valence-electron chi connectivity index (χ1n) is 7.08. The minimum atomic E-state index is -4.31. The van der Waals surface area contributed by atoms with Crippen LogP contribution in [0.2, 0.25) is 0 Å². The molecule has 0 spiro atoms. The molecular formula is C17H19F3N2. The van der Waals surface area contributed by atoms with Crippen LogP contribution in [0.3, 0.4) is 0 Å². The largest absolute Gasteiger partial charge is 0.416 e. The summed E-state index contributed by atoms with van der Waals surface area (Å²) in [6.45, 7) is 5.20. The lowest BCUT2D eigenvalue weighted by molar-refractivity contribution is -0.137. The molecule has 0 fully saturated rings. The van der Waals surface area contributed by atoms with Gasteiger partial charge in [0.15, 0.2) is 0 Å². The third-order valence-electron chi connectivity index (χ3n) is 3.35. The van der Waals surface area contributed by atoms with Crippen molar-refractivity contribution >= 4 is 11.4 Å². The molecule has 5 heteroatoms. The molecule has 0 aliphatic rings. The average Bonchev–Trinajstić information content (AvgIpc) is 2.46. The average molecular weight is 308 g/mol. The third kappa shape index (κ3) is 4.41. The van der Waals surface area contributed by atoms with E-state index in [-0.39, 0.29) is 0 Å². The van der Waals surface area contributed by atoms with Crippen LogP contribution >= 0.6 is 0 Å². The van der Waals surface area contributed by atoms with Gasteiger partial charge in [-0.1, -0.05) is 18.2 Å². The minimum absolute atomic E-state index is 0.470. The van der Waals surface area contributed by atoms with Crippen molar-refractivity contribution in [2.75, 3.05) is 23.7 Å². The van der Waals surface area contributed by atoms with Gasteiger partial charge in [0, 0.05) is 24.5 Å². The van der Waals surface area contributed by atoms with Crippen LogP contribution in [0.25, 0.3) is 0 Å². The fourth-order valence-electron chi connectivity index (χ4n) is 2.14. The fourth-order valence-corrected chi connectivity index (χ4v) is 2.14. The van der Waals surface area contributed by atoms with Crippen molar-refractivity contribution in [2.24, 2.45) is 0 Å². The van der Waals surface area contributed by atoms with Crippen molar-refractivity contribution in [2.45, 2.75) is 20.0 Å². The Kier molecular flexibility index (Phi) is 4.96. The number of halogens is 3. The topological polar surface area (TPSA) is 24.1 Å². The Morgan fingerprint density at radius 1 is 0.909 bits per heavy atom. The van der Waals surface area contributed by atoms with Gasteiger partial charge in [0.1, 0.15) is 0 Å². The highest BCUT2D eigenvalue weighted by molar-refractivity contribution is 5.53. The first-order chi connectivity index (χ1) is 10.4. The number of nitrogens with one attached hydrogen (secondary N) is 2. The van der Waals surface area contributed by atoms with E-state index in [9.17, 15) is 13.2 Å². The van der Waals surface area contributed by atoms with Gasteiger partial charge in [-0.25, -0.2) is 0 Å². The molecule has 2 N–H and O–H groups in total. The van der Waals surface area contributed by atoms with Crippen LogP contribution < -0.4 is 10.6 Å². The molecule has 2 aromatic carbocycles. The van der Waals surface area contributed by atoms with Gasteiger partial charge in [-0.2, -0.15) is 13.2 Å². The van der Waals surface area contributed by atoms with Gasteiger partial charge in [0.2, 0.25) is 0 Å². The Hall–Kier alpha value is -2.17. The maximum Gasteiger partial charge on any atom is 0.416 e. The first kappa shape index (κ1) is 16.2. The van der Waals surface area contributed by atoms with E-state index in [1.54, 1.807) is 6.07 Å². The second kappa shape index (κ2) is 6.73. The molecule has 2 rings (SSSR count). The molecule has 0 radical (unpaired) electrons. The van der Waals surface area contributed by atoms with Crippen molar-refractivity contribution in [3.63, 3.8) is 0 Å². The molecule has 118 valence electrons. The van der Waals surface area contributed by atoms with Gasteiger partial charge in [-0.05, 0) is 49.2 Å². The van der Waals surface area contributed by atoms with E-state index >= 15 is 0 Å². The van der Waals surface area contributed by atoms with Gasteiger partial charge in [0.05, 0.1) is 5.56 Å². The van der Waals surface area contributed by atoms with Crippen molar-refractivity contribution in [3.05, 3.63) is 59.2 Å². The Morgan fingerprint density at radius 3 is 2.36 bits per heavy atom. The molecule has 0 atom stereocenters. The zero-order chi connectivity index (χ0) is 16.2. The number of anilines is 2. The highest BCUT2D eigenvalue weighted by Crippen LogP contribution is 2.30. The van der Waals surface area contributed by atoms with E-state index < -0.39 is 11.7 Å². The van der Waals surface area contributed by atoms with Crippen molar-refractivity contribution in [1.82, 2.24) is 0 Å². The zero-order valence-corrected chi connectivity index (χ0v) is 12.6. The second-order valence-electron chi connectivity index (χ2n) is 5.25. The second-order valence-corrected chi connectivity index (χ2v) is 5.25. The number of hydrogen-bond donors (Lipinski definition) is 2. The molecular weight excluding hydrogens is 289 g/mol. The summed E-state index contributed by atoms with van der Waals surface area (Å²) in [5.41, 5.74) is 3.19. The molecule has 0 aliphatic heterocycles. The lowest BCUT2D eigenvalue weighted by atomic mass is 10.1. The summed E-state index contributed by atoms with van der Waals surface area (Å²) < 4.78 is 37.9. The maximum absolute atomic E-state index is 12.6. The Labute approximate surface area is 128 Å². The number of hydrogen-bond acceptors (Lipinski definition) is 2. The third-order valence-corrected chi connectivity index (χ3v) is 3.35. The summed E-state index contributed by atoms with van der Waals surface area (Å²) in [5.74, 6) is 0. The van der Waals surface area contributed by atoms with Gasteiger partial charge in [-0.3, -0.25) is 0 Å². The highest BCUT2D eigenvalue weighted by atomic mass is 19.4. The quantitative estimate of drug-likeness (QED) is 0.772. The fraction of sp³-hybridized carbons (Fsp3) is 0.294. The molecule has 0 saturated carbocycles. The predicted octanol–water partition coefficient (Wildman–Crippen LogP) is 4.85. The Bertz CT molecular complexity index is 636. The number of aryl methyl sites for hydroxylation is 2. The summed E-state index contributed by atoms with van der Waals surface area (Å²) in [6, 6.07) is 11.4. The SMILES string of the molecule is Cc1ccc(C)c(NCCNc2cccc(C(F)(F)F)c2)c1. The maximum atomic E-state index is 12.6. The Balaban J connectivity index is 1.88. The molecule has 2 nitrogen and oxygen atoms in total. The lowest BCUT2D eigenvalue weighted by Gasteiger charge is -2.13. The van der Waals surface area contributed by atoms with Crippen LogP contribution in [-0.4, -0.2) is 13.1 Å². The van der Waals surface area contributed by atoms with E-state index in [4.69, 9.17) is 0 Å². The zero-order valence-electron chi connectivity index (χ0n) is 12.6. The van der Waals surface area contributed by atoms with Crippen molar-refractivity contribution in [3.8, 4) is 0 Å². The molecule has 0 heterocycles. The van der Waals surface area contributed by atoms with Crippen LogP contribution in [0.15, 0.2) is 42.5 Å². The first-order valence-corrected chi connectivity index (χ1v) is 7.08. The molecule has 0 aliphatic carbocycles. The minimum Gasteiger partial charge on any atom is -0.383 e. The highest BCUT2D eigenvalue weighted by Gasteiger charge is 2.30. The molecule has 0 saturated heterocycles. The van der Waals surface area contributed by atoms with E-state index in [0.717, 1.165) is 23.4 Å². The standard InChI is InChI=1S/C17H19F3N2/c1-12-6-7-13(2)16(10-12)22-9-8-21-15-5-3-4-14(11-15)17(18,19)20/h3-7,10-11,21-22H,8-9H2,1-2H3. The molecule has 22 heavy (non-hydrogen) atoms. The van der Waals surface area contributed by atoms with Gasteiger partial charge in [0.25, 0.3) is 0 Å². The Morgan fingerprint density at radius 2 is 1.64 bits per heavy atom. The van der Waals surface area contributed by atoms with Crippen LogP contribution in [0.1, 0.15) is 16.7 Å². The molecule has 0 bridgehead atoms. The number of rotatable bonds is 5. The van der Waals surface area contributed by atoms with Crippen molar-refractivity contribution < 1.29 is 13.2 Å². The monoisotopic (exact) mass is 308 g/mol. The van der Waals surface area contributed by atoms with Crippen LogP contribution in [0.5, 0.6) is 0 Å². The summed E-state index contributed by atoms with van der Waals surface area (Å²) in [7, 11) is 0. The van der Waals surface area contributed by atoms with E-state index in [0.29, 0.717) is 18.8 Å². The smallest absolute Gasteiger partial charge is 0.383 e. The van der Waals surface area contributed by atoms with E-state index in [1.807, 2.05) is 26.0 Å². The summed E-state index contributed by atoms with van der Waals surface area (Å²) in [5, 5.41) is 6.28. The number of benzene rings is 2. The van der Waals surface area contributed by atoms with Gasteiger partial charge in [-0.15, -0.1) is 0 Å². The lowest BCUT2D eigenvalue weighted by Crippen LogP contribution is -2.14. The van der Waals surface area contributed by atoms with Crippen molar-refractivity contribution in [1.29, 1.82) is 0 Å². The summed E-state index contributed by atoms with van der Waals surface area (Å²) in [6.07, 6.45) is -4.31. The van der Waals surface area contributed by atoms with Crippen LogP contribution in [0.4, 0.5) is 24.5 Å². The molecule has 2 aromatic rings.